The molecule has 0 amide bonds. The van der Waals surface area contributed by atoms with Gasteiger partial charge in [0.05, 0.1) is 27.6 Å². The van der Waals surface area contributed by atoms with E-state index in [0.29, 0.717) is 11.0 Å². The van der Waals surface area contributed by atoms with Gasteiger partial charge in [0, 0.05) is 11.3 Å². The minimum absolute atomic E-state index is 0.426. The first-order chi connectivity index (χ1) is 13.2. The summed E-state index contributed by atoms with van der Waals surface area (Å²) in [5.74, 6) is 0.426. The molecular weight excluding hydrogens is 358 g/mol. The van der Waals surface area contributed by atoms with Crippen LogP contribution in [0.4, 0.5) is 5.82 Å². The highest BCUT2D eigenvalue weighted by Crippen LogP contribution is 2.33. The van der Waals surface area contributed by atoms with Gasteiger partial charge in [0.1, 0.15) is 5.82 Å². The van der Waals surface area contributed by atoms with Crippen LogP contribution < -0.4 is 5.73 Å². The summed E-state index contributed by atoms with van der Waals surface area (Å²) >= 11 is 1.36. The number of nitrogens with zero attached hydrogens (tertiary/aromatic N) is 4. The van der Waals surface area contributed by atoms with Crippen LogP contribution >= 0.6 is 11.8 Å². The van der Waals surface area contributed by atoms with Gasteiger partial charge in [0.15, 0.2) is 10.3 Å². The van der Waals surface area contributed by atoms with Crippen molar-refractivity contribution in [2.24, 2.45) is 0 Å². The fourth-order valence-corrected chi connectivity index (χ4v) is 3.83. The van der Waals surface area contributed by atoms with E-state index < -0.39 is 0 Å². The average molecular weight is 373 g/mol. The number of benzene rings is 2. The van der Waals surface area contributed by atoms with Crippen molar-refractivity contribution < 1.29 is 0 Å². The number of anilines is 1. The Bertz CT molecular complexity index is 1250. The van der Waals surface area contributed by atoms with E-state index in [4.69, 9.17) is 5.73 Å². The number of hydrogen-bond acceptors (Lipinski definition) is 6. The number of para-hydroxylation sites is 2. The summed E-state index contributed by atoms with van der Waals surface area (Å²) in [5, 5.41) is 9.38. The van der Waals surface area contributed by atoms with Gasteiger partial charge in [0.25, 0.3) is 0 Å². The van der Waals surface area contributed by atoms with Gasteiger partial charge >= 0.3 is 0 Å². The highest BCUT2D eigenvalue weighted by Gasteiger charge is 2.14. The fraction of sp³-hybridized carbons (Fsp3) is 0.0526. The smallest absolute Gasteiger partial charge is 0.197 e. The Hall–Kier alpha value is -3.39. The zero-order valence-corrected chi connectivity index (χ0v) is 15.2. The normalized spacial score (nSPS) is 11.4. The molecule has 8 heteroatoms. The Kier molecular flexibility index (Phi) is 3.58. The standard InChI is InChI=1S/C19H15N7S/c1-10-9-15(26-25-10)11-5-4-8-14-16(11)17(20)24-19(23-14)27-18-21-12-6-2-3-7-13(12)22-18/h2-9H,1H3,(H,21,22)(H,25,26)(H2,20,23,24). The van der Waals surface area contributed by atoms with Gasteiger partial charge in [0.2, 0.25) is 0 Å². The van der Waals surface area contributed by atoms with E-state index in [2.05, 4.69) is 30.1 Å². The maximum Gasteiger partial charge on any atom is 0.197 e. The summed E-state index contributed by atoms with van der Waals surface area (Å²) < 4.78 is 0. The zero-order valence-electron chi connectivity index (χ0n) is 14.4. The lowest BCUT2D eigenvalue weighted by Gasteiger charge is -2.07. The van der Waals surface area contributed by atoms with E-state index in [1.807, 2.05) is 55.5 Å². The van der Waals surface area contributed by atoms with Gasteiger partial charge in [-0.15, -0.1) is 0 Å². The van der Waals surface area contributed by atoms with Crippen molar-refractivity contribution in [3.8, 4) is 11.3 Å². The van der Waals surface area contributed by atoms with Crippen molar-refractivity contribution in [3.63, 3.8) is 0 Å². The van der Waals surface area contributed by atoms with Crippen molar-refractivity contribution in [2.75, 3.05) is 5.73 Å². The van der Waals surface area contributed by atoms with Gasteiger partial charge in [-0.1, -0.05) is 24.3 Å². The molecule has 0 aliphatic heterocycles. The molecule has 132 valence electrons. The highest BCUT2D eigenvalue weighted by molar-refractivity contribution is 7.99. The molecule has 7 nitrogen and oxygen atoms in total. The second-order valence-electron chi connectivity index (χ2n) is 6.19. The van der Waals surface area contributed by atoms with Crippen LogP contribution in [0.2, 0.25) is 0 Å². The SMILES string of the molecule is Cc1cc(-c2cccc3nc(Sc4nc5ccccc5[nH]4)nc(N)c23)n[nH]1. The highest BCUT2D eigenvalue weighted by atomic mass is 32.2. The predicted molar refractivity (Wildman–Crippen MR) is 106 cm³/mol. The summed E-state index contributed by atoms with van der Waals surface area (Å²) in [6.07, 6.45) is 0. The van der Waals surface area contributed by atoms with Gasteiger partial charge in [-0.05, 0) is 43.0 Å². The molecule has 0 spiro atoms. The second kappa shape index (κ2) is 6.10. The maximum absolute atomic E-state index is 6.30. The molecule has 3 heterocycles. The third-order valence-electron chi connectivity index (χ3n) is 4.27. The number of imidazole rings is 1. The monoisotopic (exact) mass is 373 g/mol. The Morgan fingerprint density at radius 2 is 1.81 bits per heavy atom. The quantitative estimate of drug-likeness (QED) is 0.413. The number of rotatable bonds is 3. The number of aromatic amines is 2. The predicted octanol–water partition coefficient (Wildman–Crippen LogP) is 3.94. The van der Waals surface area contributed by atoms with Crippen LogP contribution in [0.1, 0.15) is 5.69 Å². The molecule has 0 bridgehead atoms. The first kappa shape index (κ1) is 15.8. The minimum atomic E-state index is 0.426. The molecule has 0 unspecified atom stereocenters. The Labute approximate surface area is 158 Å². The molecular formula is C19H15N7S. The first-order valence-corrected chi connectivity index (χ1v) is 9.20. The zero-order chi connectivity index (χ0) is 18.4. The van der Waals surface area contributed by atoms with Crippen molar-refractivity contribution in [1.82, 2.24) is 30.1 Å². The largest absolute Gasteiger partial charge is 0.383 e. The molecule has 0 aliphatic rings. The molecule has 0 aliphatic carbocycles. The van der Waals surface area contributed by atoms with Gasteiger partial charge in [-0.2, -0.15) is 5.10 Å². The molecule has 0 fully saturated rings. The summed E-state index contributed by atoms with van der Waals surface area (Å²) in [7, 11) is 0. The number of aryl methyl sites for hydroxylation is 1. The first-order valence-electron chi connectivity index (χ1n) is 8.38. The van der Waals surface area contributed by atoms with Crippen LogP contribution in [0.5, 0.6) is 0 Å². The topological polar surface area (TPSA) is 109 Å². The molecule has 0 radical (unpaired) electrons. The van der Waals surface area contributed by atoms with E-state index in [-0.39, 0.29) is 0 Å². The Balaban J connectivity index is 1.59. The van der Waals surface area contributed by atoms with Crippen LogP contribution in [0.15, 0.2) is 58.8 Å². The number of aromatic nitrogens is 6. The van der Waals surface area contributed by atoms with Crippen LogP contribution in [0.3, 0.4) is 0 Å². The molecule has 2 aromatic carbocycles. The van der Waals surface area contributed by atoms with E-state index in [1.54, 1.807) is 0 Å². The number of nitrogens with one attached hydrogen (secondary N) is 2. The van der Waals surface area contributed by atoms with Crippen LogP contribution in [0.25, 0.3) is 33.2 Å². The molecule has 4 N–H and O–H groups in total. The summed E-state index contributed by atoms with van der Waals surface area (Å²) in [5.41, 5.74) is 11.7. The summed E-state index contributed by atoms with van der Waals surface area (Å²) in [4.78, 5) is 17.0. The number of nitrogens with two attached hydrogens (primary N) is 1. The third kappa shape index (κ3) is 2.80. The lowest BCUT2D eigenvalue weighted by Crippen LogP contribution is -1.98. The molecule has 27 heavy (non-hydrogen) atoms. The van der Waals surface area contributed by atoms with Crippen molar-refractivity contribution in [2.45, 2.75) is 17.2 Å². The molecule has 3 aromatic heterocycles. The Morgan fingerprint density at radius 3 is 2.63 bits per heavy atom. The van der Waals surface area contributed by atoms with Gasteiger partial charge in [-0.25, -0.2) is 15.0 Å². The number of H-pyrrole nitrogens is 2. The fourth-order valence-electron chi connectivity index (χ4n) is 3.07. The third-order valence-corrected chi connectivity index (χ3v) is 5.02. The molecule has 0 atom stereocenters. The number of fused-ring (bicyclic) bond motifs is 2. The number of nitrogen functional groups attached to an aromatic ring is 1. The summed E-state index contributed by atoms with van der Waals surface area (Å²) in [6, 6.07) is 15.7. The summed E-state index contributed by atoms with van der Waals surface area (Å²) in [6.45, 7) is 1.96. The van der Waals surface area contributed by atoms with Gasteiger partial charge < -0.3 is 10.7 Å². The Morgan fingerprint density at radius 1 is 0.963 bits per heavy atom. The van der Waals surface area contributed by atoms with Crippen LogP contribution in [0, 0.1) is 6.92 Å². The van der Waals surface area contributed by atoms with Crippen molar-refractivity contribution in [3.05, 3.63) is 54.2 Å². The average Bonchev–Trinajstić information content (AvgIpc) is 3.26. The molecule has 0 saturated carbocycles. The second-order valence-corrected chi connectivity index (χ2v) is 7.14. The molecule has 5 aromatic rings. The molecule has 0 saturated heterocycles. The lowest BCUT2D eigenvalue weighted by molar-refractivity contribution is 0.989. The molecule has 5 rings (SSSR count). The lowest BCUT2D eigenvalue weighted by atomic mass is 10.1. The van der Waals surface area contributed by atoms with E-state index in [0.717, 1.165) is 44.0 Å². The van der Waals surface area contributed by atoms with Crippen LogP contribution in [-0.4, -0.2) is 30.1 Å². The maximum atomic E-state index is 6.30. The van der Waals surface area contributed by atoms with Crippen molar-refractivity contribution in [1.29, 1.82) is 0 Å². The van der Waals surface area contributed by atoms with E-state index in [1.165, 1.54) is 11.8 Å². The van der Waals surface area contributed by atoms with E-state index >= 15 is 0 Å². The van der Waals surface area contributed by atoms with Crippen LogP contribution in [-0.2, 0) is 0 Å². The van der Waals surface area contributed by atoms with Gasteiger partial charge in [-0.3, -0.25) is 5.10 Å². The minimum Gasteiger partial charge on any atom is -0.383 e. The van der Waals surface area contributed by atoms with E-state index in [9.17, 15) is 0 Å². The van der Waals surface area contributed by atoms with Crippen molar-refractivity contribution >= 4 is 39.5 Å². The number of hydrogen-bond donors (Lipinski definition) is 3.